The first kappa shape index (κ1) is 23.4. The van der Waals surface area contributed by atoms with Crippen LogP contribution >= 0.6 is 12.4 Å². The fraction of sp³-hybridized carbons (Fsp3) is 0.231. The second-order valence-electron chi connectivity index (χ2n) is 8.32. The highest BCUT2D eigenvalue weighted by Crippen LogP contribution is 2.36. The summed E-state index contributed by atoms with van der Waals surface area (Å²) in [6.07, 6.45) is 0.703. The lowest BCUT2D eigenvalue weighted by Gasteiger charge is -2.18. The van der Waals surface area contributed by atoms with Crippen LogP contribution < -0.4 is 0 Å². The third-order valence-electron chi connectivity index (χ3n) is 6.19. The molecule has 0 saturated heterocycles. The second-order valence-corrected chi connectivity index (χ2v) is 8.32. The summed E-state index contributed by atoms with van der Waals surface area (Å²) in [4.78, 5) is 2.27. The Morgan fingerprint density at radius 2 is 1.45 bits per heavy atom. The molecule has 1 aliphatic rings. The minimum atomic E-state index is -0.636. The largest absolute Gasteiger partial charge is 0.388 e. The summed E-state index contributed by atoms with van der Waals surface area (Å²) in [5.74, 6) is -0.896. The van der Waals surface area contributed by atoms with Gasteiger partial charge in [-0.3, -0.25) is 4.90 Å². The van der Waals surface area contributed by atoms with Crippen molar-refractivity contribution in [3.8, 4) is 5.69 Å². The van der Waals surface area contributed by atoms with Crippen LogP contribution in [0.25, 0.3) is 16.6 Å². The normalized spacial score (nSPS) is 14.3. The molecule has 0 radical (unpaired) electrons. The average molecular weight is 473 g/mol. The number of fused-ring (bicyclic) bond motifs is 3. The second kappa shape index (κ2) is 9.59. The number of rotatable bonds is 6. The number of nitrogens with zero attached hydrogens (tertiary/aromatic N) is 2. The zero-order valence-electron chi connectivity index (χ0n) is 17.8. The smallest absolute Gasteiger partial charge is 0.123 e. The Morgan fingerprint density at radius 1 is 0.818 bits per heavy atom. The van der Waals surface area contributed by atoms with E-state index in [0.717, 1.165) is 40.8 Å². The summed E-state index contributed by atoms with van der Waals surface area (Å²) in [6.45, 7) is 2.15. The molecule has 1 aliphatic heterocycles. The lowest BCUT2D eigenvalue weighted by atomic mass is 10.0. The van der Waals surface area contributed by atoms with E-state index < -0.39 is 6.10 Å². The number of aliphatic hydroxyl groups excluding tert-OH is 1. The third-order valence-corrected chi connectivity index (χ3v) is 6.19. The van der Waals surface area contributed by atoms with Gasteiger partial charge in [0.05, 0.1) is 11.6 Å². The van der Waals surface area contributed by atoms with Crippen LogP contribution in [0.1, 0.15) is 35.8 Å². The molecule has 0 bridgehead atoms. The van der Waals surface area contributed by atoms with Crippen LogP contribution in [0.5, 0.6) is 0 Å². The molecular formula is C26H24ClF3N2O. The fourth-order valence-corrected chi connectivity index (χ4v) is 4.62. The molecule has 0 aliphatic carbocycles. The molecule has 1 atom stereocenters. The van der Waals surface area contributed by atoms with Crippen LogP contribution in [-0.2, 0) is 13.1 Å². The van der Waals surface area contributed by atoms with Gasteiger partial charge in [0.2, 0.25) is 0 Å². The van der Waals surface area contributed by atoms with E-state index in [1.807, 2.05) is 0 Å². The van der Waals surface area contributed by atoms with Crippen LogP contribution in [0.15, 0.2) is 66.7 Å². The van der Waals surface area contributed by atoms with Crippen molar-refractivity contribution in [2.75, 3.05) is 6.54 Å². The van der Waals surface area contributed by atoms with E-state index in [-0.39, 0.29) is 29.9 Å². The highest BCUT2D eigenvalue weighted by Gasteiger charge is 2.27. The minimum Gasteiger partial charge on any atom is -0.388 e. The van der Waals surface area contributed by atoms with Crippen LogP contribution in [0.4, 0.5) is 13.2 Å². The maximum absolute atomic E-state index is 14.0. The average Bonchev–Trinajstić information content (AvgIpc) is 3.31. The van der Waals surface area contributed by atoms with E-state index in [1.165, 1.54) is 30.3 Å². The van der Waals surface area contributed by atoms with Crippen molar-refractivity contribution in [3.63, 3.8) is 0 Å². The Kier molecular flexibility index (Phi) is 6.79. The molecule has 0 amide bonds. The fourth-order valence-electron chi connectivity index (χ4n) is 4.62. The van der Waals surface area contributed by atoms with Crippen molar-refractivity contribution in [1.82, 2.24) is 9.47 Å². The number of aliphatic hydroxyl groups is 1. The molecule has 172 valence electrons. The molecule has 33 heavy (non-hydrogen) atoms. The maximum Gasteiger partial charge on any atom is 0.123 e. The predicted molar refractivity (Wildman–Crippen MR) is 125 cm³/mol. The van der Waals surface area contributed by atoms with Gasteiger partial charge in [0.1, 0.15) is 17.5 Å². The molecule has 2 heterocycles. The molecule has 7 heteroatoms. The van der Waals surface area contributed by atoms with Crippen LogP contribution in [0, 0.1) is 17.5 Å². The molecular weight excluding hydrogens is 449 g/mol. The first-order valence-corrected chi connectivity index (χ1v) is 10.7. The maximum atomic E-state index is 14.0. The molecule has 0 spiro atoms. The molecule has 3 aromatic carbocycles. The number of aromatic nitrogens is 1. The van der Waals surface area contributed by atoms with Gasteiger partial charge < -0.3 is 9.67 Å². The molecule has 1 aromatic heterocycles. The summed E-state index contributed by atoms with van der Waals surface area (Å²) in [5.41, 5.74) is 4.63. The van der Waals surface area contributed by atoms with Gasteiger partial charge in [-0.25, -0.2) is 13.2 Å². The van der Waals surface area contributed by atoms with E-state index in [0.29, 0.717) is 25.1 Å². The van der Waals surface area contributed by atoms with Gasteiger partial charge >= 0.3 is 0 Å². The van der Waals surface area contributed by atoms with E-state index in [4.69, 9.17) is 0 Å². The van der Waals surface area contributed by atoms with E-state index >= 15 is 0 Å². The van der Waals surface area contributed by atoms with Crippen LogP contribution in [-0.4, -0.2) is 21.1 Å². The Balaban J connectivity index is 0.00000259. The third kappa shape index (κ3) is 4.64. The lowest BCUT2D eigenvalue weighted by Crippen LogP contribution is -2.19. The Labute approximate surface area is 196 Å². The van der Waals surface area contributed by atoms with Crippen molar-refractivity contribution in [3.05, 3.63) is 101 Å². The summed E-state index contributed by atoms with van der Waals surface area (Å²) in [5, 5.41) is 11.3. The van der Waals surface area contributed by atoms with E-state index in [2.05, 4.69) is 9.47 Å². The number of benzene rings is 3. The van der Waals surface area contributed by atoms with Gasteiger partial charge in [0.25, 0.3) is 0 Å². The number of halogens is 4. The molecule has 4 aromatic rings. The molecule has 1 unspecified atom stereocenters. The van der Waals surface area contributed by atoms with Crippen molar-refractivity contribution >= 4 is 23.3 Å². The highest BCUT2D eigenvalue weighted by molar-refractivity contribution is 5.88. The number of hydrogen-bond donors (Lipinski definition) is 1. The standard InChI is InChI=1S/C26H23F3N2O.ClH/c27-18-5-3-17(4-6-18)26(32)2-1-13-30-15-23-22-14-20(29)9-12-24(22)31(25(23)16-30)21-10-7-19(28)8-11-21;/h3-12,14,26,32H,1-2,13,15-16H2;1H. The zero-order valence-corrected chi connectivity index (χ0v) is 18.7. The first-order chi connectivity index (χ1) is 15.5. The Bertz CT molecular complexity index is 1260. The van der Waals surface area contributed by atoms with E-state index in [1.54, 1.807) is 36.4 Å². The van der Waals surface area contributed by atoms with E-state index in [9.17, 15) is 18.3 Å². The van der Waals surface area contributed by atoms with Crippen LogP contribution in [0.3, 0.4) is 0 Å². The topological polar surface area (TPSA) is 28.4 Å². The highest BCUT2D eigenvalue weighted by atomic mass is 35.5. The lowest BCUT2D eigenvalue weighted by molar-refractivity contribution is 0.155. The van der Waals surface area contributed by atoms with Gasteiger partial charge in [-0.15, -0.1) is 12.4 Å². The molecule has 3 nitrogen and oxygen atoms in total. The van der Waals surface area contributed by atoms with Gasteiger partial charge in [0, 0.05) is 29.9 Å². The summed E-state index contributed by atoms with van der Waals surface area (Å²) in [7, 11) is 0. The van der Waals surface area contributed by atoms with Gasteiger partial charge in [-0.2, -0.15) is 0 Å². The quantitative estimate of drug-likeness (QED) is 0.357. The van der Waals surface area contributed by atoms with Crippen molar-refractivity contribution < 1.29 is 18.3 Å². The predicted octanol–water partition coefficient (Wildman–Crippen LogP) is 6.30. The molecule has 0 fully saturated rings. The first-order valence-electron chi connectivity index (χ1n) is 10.7. The van der Waals surface area contributed by atoms with Crippen molar-refractivity contribution in [2.24, 2.45) is 0 Å². The van der Waals surface area contributed by atoms with Crippen molar-refractivity contribution in [1.29, 1.82) is 0 Å². The molecule has 0 saturated carbocycles. The summed E-state index contributed by atoms with van der Waals surface area (Å²) in [6, 6.07) is 17.1. The zero-order chi connectivity index (χ0) is 22.2. The van der Waals surface area contributed by atoms with Gasteiger partial charge in [-0.1, -0.05) is 12.1 Å². The van der Waals surface area contributed by atoms with Crippen molar-refractivity contribution in [2.45, 2.75) is 32.0 Å². The van der Waals surface area contributed by atoms with Crippen LogP contribution in [0.2, 0.25) is 0 Å². The van der Waals surface area contributed by atoms with Gasteiger partial charge in [-0.05, 0) is 85.1 Å². The summed E-state index contributed by atoms with van der Waals surface area (Å²) >= 11 is 0. The Hall–Kier alpha value is -2.80. The minimum absolute atomic E-state index is 0. The number of hydrogen-bond acceptors (Lipinski definition) is 2. The molecule has 1 N–H and O–H groups in total. The SMILES string of the molecule is Cl.OC(CCCN1Cc2c(n(-c3ccc(F)cc3)c3ccc(F)cc23)C1)c1ccc(F)cc1. The summed E-state index contributed by atoms with van der Waals surface area (Å²) < 4.78 is 42.7. The molecule has 5 rings (SSSR count). The van der Waals surface area contributed by atoms with Gasteiger partial charge in [0.15, 0.2) is 0 Å². The monoisotopic (exact) mass is 472 g/mol. The Morgan fingerprint density at radius 3 is 2.15 bits per heavy atom.